The van der Waals surface area contributed by atoms with Crippen molar-refractivity contribution < 1.29 is 14.3 Å². The number of carbonyl (C=O) groups excluding carboxylic acids is 1. The molecule has 1 saturated heterocycles. The molecule has 1 aliphatic heterocycles. The molecule has 1 aliphatic rings. The molecule has 5 heteroatoms. The molecule has 0 bridgehead atoms. The van der Waals surface area contributed by atoms with Crippen molar-refractivity contribution in [3.05, 3.63) is 29.0 Å². The smallest absolute Gasteiger partial charge is 0.229 e. The SMILES string of the molecule is O=C1CC(O)CN1c1cc(Cl)ccc1F. The highest BCUT2D eigenvalue weighted by Gasteiger charge is 2.30. The van der Waals surface area contributed by atoms with E-state index in [1.54, 1.807) is 0 Å². The Hall–Kier alpha value is -1.13. The third-order valence-corrected chi connectivity index (χ3v) is 2.54. The number of carbonyl (C=O) groups is 1. The fourth-order valence-electron chi connectivity index (χ4n) is 1.61. The predicted molar refractivity (Wildman–Crippen MR) is 54.4 cm³/mol. The summed E-state index contributed by atoms with van der Waals surface area (Å²) in [6.45, 7) is 0.121. The van der Waals surface area contributed by atoms with Crippen LogP contribution in [0.1, 0.15) is 6.42 Å². The summed E-state index contributed by atoms with van der Waals surface area (Å²) in [7, 11) is 0. The van der Waals surface area contributed by atoms with Crippen LogP contribution in [0.15, 0.2) is 18.2 Å². The second-order valence-electron chi connectivity index (χ2n) is 3.46. The zero-order valence-electron chi connectivity index (χ0n) is 7.78. The molecular formula is C10H9ClFNO2. The molecule has 0 spiro atoms. The maximum Gasteiger partial charge on any atom is 0.229 e. The van der Waals surface area contributed by atoms with Crippen molar-refractivity contribution in [1.82, 2.24) is 0 Å². The molecular weight excluding hydrogens is 221 g/mol. The lowest BCUT2D eigenvalue weighted by molar-refractivity contribution is -0.117. The van der Waals surface area contributed by atoms with E-state index in [0.717, 1.165) is 0 Å². The van der Waals surface area contributed by atoms with E-state index < -0.39 is 11.9 Å². The summed E-state index contributed by atoms with van der Waals surface area (Å²) in [6, 6.07) is 4.00. The quantitative estimate of drug-likeness (QED) is 0.794. The molecule has 1 fully saturated rings. The van der Waals surface area contributed by atoms with Gasteiger partial charge >= 0.3 is 0 Å². The lowest BCUT2D eigenvalue weighted by Crippen LogP contribution is -2.26. The van der Waals surface area contributed by atoms with E-state index in [9.17, 15) is 14.3 Å². The standard InChI is InChI=1S/C10H9ClFNO2/c11-6-1-2-8(12)9(3-6)13-5-7(14)4-10(13)15/h1-3,7,14H,4-5H2. The molecule has 1 aromatic carbocycles. The summed E-state index contributed by atoms with van der Waals surface area (Å²) in [5.74, 6) is -0.800. The third kappa shape index (κ3) is 1.96. The minimum absolute atomic E-state index is 0.0337. The van der Waals surface area contributed by atoms with Crippen molar-refractivity contribution in [3.8, 4) is 0 Å². The first-order valence-corrected chi connectivity index (χ1v) is 4.89. The fourth-order valence-corrected chi connectivity index (χ4v) is 1.78. The number of aliphatic hydroxyl groups is 1. The van der Waals surface area contributed by atoms with Gasteiger partial charge in [-0.1, -0.05) is 11.6 Å². The summed E-state index contributed by atoms with van der Waals surface area (Å²) in [4.78, 5) is 12.6. The molecule has 0 aromatic heterocycles. The number of nitrogens with zero attached hydrogens (tertiary/aromatic N) is 1. The molecule has 1 N–H and O–H groups in total. The molecule has 1 aromatic rings. The van der Waals surface area contributed by atoms with Crippen molar-refractivity contribution in [2.45, 2.75) is 12.5 Å². The molecule has 1 heterocycles. The molecule has 1 atom stereocenters. The Kier molecular flexibility index (Phi) is 2.63. The van der Waals surface area contributed by atoms with Crippen LogP contribution in [0.2, 0.25) is 5.02 Å². The monoisotopic (exact) mass is 229 g/mol. The number of halogens is 2. The molecule has 1 amide bonds. The van der Waals surface area contributed by atoms with Gasteiger partial charge in [0.2, 0.25) is 5.91 Å². The maximum atomic E-state index is 13.4. The first-order chi connectivity index (χ1) is 7.08. The summed E-state index contributed by atoms with van der Waals surface area (Å²) in [5, 5.41) is 9.64. The Labute approximate surface area is 91.1 Å². The predicted octanol–water partition coefficient (Wildman–Crippen LogP) is 1.58. The van der Waals surface area contributed by atoms with E-state index >= 15 is 0 Å². The van der Waals surface area contributed by atoms with E-state index in [-0.39, 0.29) is 24.6 Å². The van der Waals surface area contributed by atoms with E-state index in [1.807, 2.05) is 0 Å². The molecule has 1 unspecified atom stereocenters. The number of rotatable bonds is 1. The Bertz CT molecular complexity index is 410. The number of β-amino-alcohol motifs (C(OH)–C–C–N with tert-alkyl or cyclic N) is 1. The highest BCUT2D eigenvalue weighted by Crippen LogP contribution is 2.27. The summed E-state index contributed by atoms with van der Waals surface area (Å²) in [6.07, 6.45) is -0.692. The van der Waals surface area contributed by atoms with Gasteiger partial charge in [0.1, 0.15) is 5.82 Å². The highest BCUT2D eigenvalue weighted by atomic mass is 35.5. The van der Waals surface area contributed by atoms with Crippen LogP contribution in [0.5, 0.6) is 0 Å². The van der Waals surface area contributed by atoms with Crippen LogP contribution >= 0.6 is 11.6 Å². The largest absolute Gasteiger partial charge is 0.391 e. The summed E-state index contributed by atoms with van der Waals surface area (Å²) in [5.41, 5.74) is 0.129. The van der Waals surface area contributed by atoms with Crippen molar-refractivity contribution in [1.29, 1.82) is 0 Å². The van der Waals surface area contributed by atoms with Crippen LogP contribution in [0.4, 0.5) is 10.1 Å². The van der Waals surface area contributed by atoms with Gasteiger partial charge in [0.15, 0.2) is 0 Å². The van der Waals surface area contributed by atoms with Crippen LogP contribution in [0, 0.1) is 5.82 Å². The average molecular weight is 230 g/mol. The number of amides is 1. The normalized spacial score (nSPS) is 21.1. The van der Waals surface area contributed by atoms with Crippen LogP contribution in [0.25, 0.3) is 0 Å². The van der Waals surface area contributed by atoms with Crippen molar-refractivity contribution in [3.63, 3.8) is 0 Å². The van der Waals surface area contributed by atoms with Gasteiger partial charge in [-0.2, -0.15) is 0 Å². The zero-order valence-corrected chi connectivity index (χ0v) is 8.54. The van der Waals surface area contributed by atoms with Gasteiger partial charge in [-0.3, -0.25) is 4.79 Å². The number of hydrogen-bond donors (Lipinski definition) is 1. The van der Waals surface area contributed by atoms with Gasteiger partial charge in [0, 0.05) is 5.02 Å². The number of anilines is 1. The van der Waals surface area contributed by atoms with Crippen molar-refractivity contribution >= 4 is 23.2 Å². The van der Waals surface area contributed by atoms with Gasteiger partial charge in [0.05, 0.1) is 24.8 Å². The van der Waals surface area contributed by atoms with Gasteiger partial charge in [-0.25, -0.2) is 4.39 Å². The highest BCUT2D eigenvalue weighted by molar-refractivity contribution is 6.30. The minimum Gasteiger partial charge on any atom is -0.391 e. The Morgan fingerprint density at radius 3 is 2.87 bits per heavy atom. The van der Waals surface area contributed by atoms with Crippen LogP contribution in [-0.2, 0) is 4.79 Å². The number of hydrogen-bond acceptors (Lipinski definition) is 2. The van der Waals surface area contributed by atoms with Gasteiger partial charge < -0.3 is 10.0 Å². The van der Waals surface area contributed by atoms with Crippen LogP contribution in [0.3, 0.4) is 0 Å². The van der Waals surface area contributed by atoms with Crippen molar-refractivity contribution in [2.75, 3.05) is 11.4 Å². The summed E-state index contributed by atoms with van der Waals surface area (Å²) < 4.78 is 13.4. The van der Waals surface area contributed by atoms with E-state index in [4.69, 9.17) is 11.6 Å². The van der Waals surface area contributed by atoms with Crippen molar-refractivity contribution in [2.24, 2.45) is 0 Å². The van der Waals surface area contributed by atoms with Crippen LogP contribution < -0.4 is 4.90 Å². The molecule has 0 radical (unpaired) electrons. The van der Waals surface area contributed by atoms with E-state index in [0.29, 0.717) is 5.02 Å². The maximum absolute atomic E-state index is 13.4. The zero-order chi connectivity index (χ0) is 11.0. The molecule has 15 heavy (non-hydrogen) atoms. The van der Waals surface area contributed by atoms with Gasteiger partial charge in [-0.05, 0) is 18.2 Å². The second kappa shape index (κ2) is 3.79. The number of aliphatic hydroxyl groups excluding tert-OH is 1. The molecule has 2 rings (SSSR count). The second-order valence-corrected chi connectivity index (χ2v) is 3.89. The first-order valence-electron chi connectivity index (χ1n) is 4.51. The lowest BCUT2D eigenvalue weighted by Gasteiger charge is -2.16. The topological polar surface area (TPSA) is 40.5 Å². The Balaban J connectivity index is 2.37. The Morgan fingerprint density at radius 2 is 2.27 bits per heavy atom. The van der Waals surface area contributed by atoms with Gasteiger partial charge in [-0.15, -0.1) is 0 Å². The van der Waals surface area contributed by atoms with Crippen LogP contribution in [-0.4, -0.2) is 23.7 Å². The van der Waals surface area contributed by atoms with Gasteiger partial charge in [0.25, 0.3) is 0 Å². The fraction of sp³-hybridized carbons (Fsp3) is 0.300. The molecule has 0 saturated carbocycles. The minimum atomic E-state index is -0.726. The molecule has 3 nitrogen and oxygen atoms in total. The van der Waals surface area contributed by atoms with E-state index in [2.05, 4.69) is 0 Å². The third-order valence-electron chi connectivity index (χ3n) is 2.30. The molecule has 80 valence electrons. The molecule has 0 aliphatic carbocycles. The number of benzene rings is 1. The average Bonchev–Trinajstić information content (AvgIpc) is 2.50. The lowest BCUT2D eigenvalue weighted by atomic mass is 10.3. The Morgan fingerprint density at radius 1 is 1.53 bits per heavy atom. The van der Waals surface area contributed by atoms with E-state index in [1.165, 1.54) is 23.1 Å². The first kappa shape index (κ1) is 10.4. The summed E-state index contributed by atoms with van der Waals surface area (Å²) >= 11 is 5.71.